The van der Waals surface area contributed by atoms with Crippen molar-refractivity contribution in [3.8, 4) is 57.1 Å². The average molecular weight is 1630 g/mol. The van der Waals surface area contributed by atoms with Gasteiger partial charge >= 0.3 is 12.1 Å². The van der Waals surface area contributed by atoms with Gasteiger partial charge in [0.2, 0.25) is 41.6 Å². The number of hydrogen-bond acceptors (Lipinski definition) is 28. The standard InChI is InChI=1S/C76H82Cl2N8O28/c1-30(2)16-45(85(5)75(105)108-29-32-6-11-38(12-7-32)86(106)107)71(101)83-60-48(91)20-37(23-55(79)93)69(99)81-58-36-21-52(110-50-14-9-34(62(60)94)18-43(50)77)66(114-74-67(65(97)64(96)54(28-87)112-74)113-56-27-76(4,80)68(98)31(3)109-56)53(22-36)111-51-15-10-35(19-44(51)78)63(95)61-72(102)82-59(73(103)104)42-24-39(88)25-47(90)57(42)41-17-33(8-13-46(41)89)40(26-49(58)92)70(100)84-61/h6-15,17-19,21-22,24-25,30-31,37,40,45,54,56,58-65,67-68,74,87-90,94-98H,16,20,23,26-29,80H2,1-5H3,(H2,79,93)(H,81,99)(H,82,102)(H,83,101)(H,84,100)(H,103,104)/t31-,37-,40+,45+,54+,56-,58+,59-,60-,61-,62+,63+,64+,65-,67+,68+,74-,76-/m0/s1. The maximum Gasteiger partial charge on any atom is 0.410 e. The van der Waals surface area contributed by atoms with Crippen molar-refractivity contribution in [3.63, 3.8) is 0 Å². The number of aliphatic carboxylic acids is 1. The van der Waals surface area contributed by atoms with Gasteiger partial charge < -0.3 is 117 Å². The Kier molecular flexibility index (Phi) is 25.4. The number of aliphatic hydroxyl groups excluding tert-OH is 6. The van der Waals surface area contributed by atoms with Gasteiger partial charge in [0.05, 0.1) is 45.6 Å². The molecule has 0 unspecified atom stereocenters. The Morgan fingerprint density at radius 3 is 1.97 bits per heavy atom. The molecule has 7 aliphatic rings. The second-order valence-electron chi connectivity index (χ2n) is 29.1. The van der Waals surface area contributed by atoms with Crippen LogP contribution in [0, 0.1) is 22.0 Å². The first-order valence-electron chi connectivity index (χ1n) is 35.7. The number of carbonyl (C=O) groups is 9. The molecule has 18 N–H and O–H groups in total. The summed E-state index contributed by atoms with van der Waals surface area (Å²) in [7, 11) is 1.20. The number of nitrogens with zero attached hydrogens (tertiary/aromatic N) is 2. The van der Waals surface area contributed by atoms with Gasteiger partial charge in [-0.25, -0.2) is 9.59 Å². The van der Waals surface area contributed by atoms with Crippen LogP contribution in [0.1, 0.15) is 123 Å². The van der Waals surface area contributed by atoms with Crippen molar-refractivity contribution in [2.24, 2.45) is 23.3 Å². The van der Waals surface area contributed by atoms with Gasteiger partial charge in [0.1, 0.15) is 90.0 Å². The highest BCUT2D eigenvalue weighted by atomic mass is 35.5. The van der Waals surface area contributed by atoms with E-state index >= 15 is 19.2 Å². The largest absolute Gasteiger partial charge is 0.508 e. The third-order valence-corrected chi connectivity index (χ3v) is 20.8. The summed E-state index contributed by atoms with van der Waals surface area (Å²) in [6.07, 6.45) is -22.6. The van der Waals surface area contributed by atoms with Crippen LogP contribution in [0.2, 0.25) is 10.0 Å². The van der Waals surface area contributed by atoms with Crippen LogP contribution in [-0.2, 0) is 63.9 Å². The molecule has 36 nitrogen and oxygen atoms in total. The number of ether oxygens (including phenoxy) is 7. The first kappa shape index (κ1) is 84.0. The zero-order valence-electron chi connectivity index (χ0n) is 61.3. The molecule has 0 aromatic heterocycles. The highest BCUT2D eigenvalue weighted by molar-refractivity contribution is 6.32. The van der Waals surface area contributed by atoms with E-state index in [1.54, 1.807) is 13.8 Å². The van der Waals surface area contributed by atoms with Crippen LogP contribution in [0.5, 0.6) is 46.0 Å². The third-order valence-electron chi connectivity index (χ3n) is 20.3. The molecule has 6 aromatic rings. The van der Waals surface area contributed by atoms with Crippen LogP contribution in [0.3, 0.4) is 0 Å². The van der Waals surface area contributed by atoms with Crippen LogP contribution in [0.4, 0.5) is 10.5 Å². The zero-order valence-corrected chi connectivity index (χ0v) is 62.8. The molecule has 0 radical (unpaired) electrons. The molecule has 6 aromatic carbocycles. The molecule has 11 bridgehead atoms. The molecule has 2 fully saturated rings. The summed E-state index contributed by atoms with van der Waals surface area (Å²) in [5.41, 5.74) is 8.21. The second-order valence-corrected chi connectivity index (χ2v) is 29.9. The van der Waals surface area contributed by atoms with Crippen LogP contribution < -0.4 is 46.9 Å². The van der Waals surface area contributed by atoms with Crippen LogP contribution in [0.25, 0.3) is 11.1 Å². The lowest BCUT2D eigenvalue weighted by Crippen LogP contribution is -2.64. The number of likely N-dealkylation sites (N-methyl/N-ethyl adjacent to an activating group) is 1. The number of aliphatic hydroxyl groups is 6. The maximum absolute atomic E-state index is 16.3. The number of fused-ring (bicyclic) bond motifs is 15. The van der Waals surface area contributed by atoms with Crippen molar-refractivity contribution < 1.29 is 132 Å². The molecule has 0 saturated carbocycles. The van der Waals surface area contributed by atoms with E-state index in [2.05, 4.69) is 21.3 Å². The van der Waals surface area contributed by atoms with Crippen molar-refractivity contribution in [3.05, 3.63) is 157 Å². The summed E-state index contributed by atoms with van der Waals surface area (Å²) in [6, 6.07) is 8.11. The molecule has 38 heteroatoms. The summed E-state index contributed by atoms with van der Waals surface area (Å²) < 4.78 is 44.0. The lowest BCUT2D eigenvalue weighted by atomic mass is 9.84. The zero-order chi connectivity index (χ0) is 83.0. The van der Waals surface area contributed by atoms with Crippen molar-refractivity contribution in [1.29, 1.82) is 0 Å². The summed E-state index contributed by atoms with van der Waals surface area (Å²) in [6.45, 7) is 4.93. The van der Waals surface area contributed by atoms with E-state index in [0.29, 0.717) is 5.56 Å². The molecule has 2 saturated heterocycles. The minimum absolute atomic E-state index is 0.133. The number of ketones is 2. The number of hydrogen-bond donors (Lipinski definition) is 16. The molecular weight excluding hydrogens is 1540 g/mol. The number of aromatic hydroxyl groups is 3. The maximum atomic E-state index is 16.3. The number of carboxylic acid groups (broad SMARTS) is 1. The van der Waals surface area contributed by atoms with Gasteiger partial charge in [-0.05, 0) is 121 Å². The Labute approximate surface area is 657 Å². The number of nitro groups is 1. The first-order valence-corrected chi connectivity index (χ1v) is 36.4. The normalized spacial score (nSPS) is 27.4. The number of halogens is 2. The molecule has 7 aliphatic heterocycles. The first-order chi connectivity index (χ1) is 53.8. The van der Waals surface area contributed by atoms with Crippen molar-refractivity contribution in [2.45, 2.75) is 169 Å². The predicted molar refractivity (Wildman–Crippen MR) is 394 cm³/mol. The summed E-state index contributed by atoms with van der Waals surface area (Å²) in [4.78, 5) is 145. The number of phenols is 3. The fourth-order valence-corrected chi connectivity index (χ4v) is 14.6. The molecule has 0 aliphatic carbocycles. The fourth-order valence-electron chi connectivity index (χ4n) is 14.2. The van der Waals surface area contributed by atoms with E-state index in [0.717, 1.165) is 77.7 Å². The van der Waals surface area contributed by atoms with Crippen molar-refractivity contribution in [2.75, 3.05) is 13.7 Å². The molecule has 114 heavy (non-hydrogen) atoms. The summed E-state index contributed by atoms with van der Waals surface area (Å²) >= 11 is 14.2. The monoisotopic (exact) mass is 1620 g/mol. The van der Waals surface area contributed by atoms with Gasteiger partial charge in [0.25, 0.3) is 5.69 Å². The quantitative estimate of drug-likeness (QED) is 0.0480. The van der Waals surface area contributed by atoms with Crippen molar-refractivity contribution in [1.82, 2.24) is 26.2 Å². The number of benzene rings is 6. The number of nitrogens with one attached hydrogen (secondary N) is 4. The number of carbonyl (C=O) groups excluding carboxylic acids is 8. The lowest BCUT2D eigenvalue weighted by Gasteiger charge is -2.47. The Hall–Kier alpha value is -10.9. The molecule has 13 rings (SSSR count). The number of amides is 6. The number of non-ortho nitro benzene ring substituents is 1. The minimum atomic E-state index is -2.29. The average Bonchev–Trinajstić information content (AvgIpc) is 0.762. The van der Waals surface area contributed by atoms with Crippen LogP contribution >= 0.6 is 23.2 Å². The Morgan fingerprint density at radius 2 is 1.39 bits per heavy atom. The Balaban J connectivity index is 1.11. The molecule has 0 spiro atoms. The van der Waals surface area contributed by atoms with Gasteiger partial charge in [-0.2, -0.15) is 0 Å². The molecule has 18 atom stereocenters. The molecule has 6 amide bonds. The smallest absolute Gasteiger partial charge is 0.410 e. The van der Waals surface area contributed by atoms with Crippen molar-refractivity contribution >= 4 is 82.1 Å². The van der Waals surface area contributed by atoms with Gasteiger partial charge in [-0.1, -0.05) is 55.2 Å². The number of phenolic OH excluding ortho intramolecular Hbond substituents is 3. The third kappa shape index (κ3) is 18.2. The molecule has 7 heterocycles. The lowest BCUT2D eigenvalue weighted by molar-refractivity contribution is -0.384. The van der Waals surface area contributed by atoms with E-state index in [-0.39, 0.29) is 41.1 Å². The van der Waals surface area contributed by atoms with E-state index in [4.69, 9.17) is 67.8 Å². The highest BCUT2D eigenvalue weighted by Gasteiger charge is 2.52. The van der Waals surface area contributed by atoms with Gasteiger partial charge in [0, 0.05) is 73.2 Å². The number of Topliss-reactive ketones (excluding diaryl/α,β-unsaturated/α-hetero) is 2. The van der Waals surface area contributed by atoms with E-state index in [1.165, 1.54) is 51.2 Å². The number of nitro benzene ring substituents is 1. The Morgan fingerprint density at radius 1 is 0.754 bits per heavy atom. The van der Waals surface area contributed by atoms with Gasteiger partial charge in [0.15, 0.2) is 41.5 Å². The number of rotatable bonds is 16. The van der Waals surface area contributed by atoms with E-state index in [1.807, 2.05) is 0 Å². The van der Waals surface area contributed by atoms with E-state index in [9.17, 15) is 85.2 Å². The molecule has 608 valence electrons. The second kappa shape index (κ2) is 34.4. The number of carboxylic acids is 1. The predicted octanol–water partition coefficient (Wildman–Crippen LogP) is 4.04. The summed E-state index contributed by atoms with van der Waals surface area (Å²) in [5, 5.41) is 135. The minimum Gasteiger partial charge on any atom is -0.508 e. The fraction of sp³-hybridized carbons (Fsp3) is 0.408. The highest BCUT2D eigenvalue weighted by Crippen LogP contribution is 2.51. The van der Waals surface area contributed by atoms with Crippen LogP contribution in [0.15, 0.2) is 103 Å². The number of primary amides is 1. The topological polar surface area (TPSA) is 567 Å². The Bertz CT molecular complexity index is 4760. The van der Waals surface area contributed by atoms with Gasteiger partial charge in [-0.3, -0.25) is 48.6 Å². The SMILES string of the molecule is CC(C)C[C@H](C(=O)N[C@H]1C(=O)C[C@@H](CC(N)=O)C(=O)N[C@H]2C(=O)C[C@H]3C(=O)N[C@H](C(=O)N[C@H](C(=O)O)c4cc(O)cc(O)c4-c4cc3ccc4O)[C@H](O)c3ccc(c(Cl)c3)Oc3cc2cc(c3O[C@@H]2O[C@H](CO)[C@@H](O)[C@H](O)[C@H]2O[C@H]2C[C@](C)(N)[C@H](O)[C@H](C)O2)Oc2ccc(cc2Cl)[C@H]1O)N(C)C(=O)OCc1ccc([N+](=O)[O-])cc1. The van der Waals surface area contributed by atoms with E-state index < -0.39 is 278 Å². The summed E-state index contributed by atoms with van der Waals surface area (Å²) in [5.74, 6) is -20.2. The number of nitrogens with two attached hydrogens (primary N) is 2. The molecular formula is C76H82Cl2N8O28. The van der Waals surface area contributed by atoms with Crippen LogP contribution in [-0.4, -0.2) is 201 Å². The van der Waals surface area contributed by atoms with Gasteiger partial charge in [-0.15, -0.1) is 0 Å².